The van der Waals surface area contributed by atoms with Crippen molar-refractivity contribution in [3.8, 4) is 5.75 Å². The van der Waals surface area contributed by atoms with Gasteiger partial charge in [-0.15, -0.1) is 0 Å². The number of hydrogen-bond acceptors (Lipinski definition) is 5. The van der Waals surface area contributed by atoms with Crippen LogP contribution in [0.2, 0.25) is 0 Å². The van der Waals surface area contributed by atoms with Gasteiger partial charge in [-0.2, -0.15) is 4.31 Å². The molecule has 3 N–H and O–H groups in total. The van der Waals surface area contributed by atoms with Crippen LogP contribution in [0.4, 0.5) is 0 Å². The number of aliphatic hydroxyl groups is 1. The van der Waals surface area contributed by atoms with Gasteiger partial charge in [0, 0.05) is 25.7 Å². The second-order valence-electron chi connectivity index (χ2n) is 7.53. The van der Waals surface area contributed by atoms with Crippen molar-refractivity contribution in [3.63, 3.8) is 0 Å². The average Bonchev–Trinajstić information content (AvgIpc) is 3.12. The maximum atomic E-state index is 11.9. The molecule has 29 heavy (non-hydrogen) atoms. The highest BCUT2D eigenvalue weighted by Crippen LogP contribution is 2.21. The molecule has 2 rings (SSSR count). The predicted octanol–water partition coefficient (Wildman–Crippen LogP) is 1.49. The largest absolute Gasteiger partial charge is 0.491 e. The van der Waals surface area contributed by atoms with Crippen molar-refractivity contribution >= 4 is 16.0 Å². The normalized spacial score (nSPS) is 19.4. The third-order valence-electron chi connectivity index (χ3n) is 4.64. The monoisotopic (exact) mass is 426 g/mol. The van der Waals surface area contributed by atoms with Crippen molar-refractivity contribution in [1.29, 1.82) is 0 Å². The molecule has 8 nitrogen and oxygen atoms in total. The lowest BCUT2D eigenvalue weighted by Crippen LogP contribution is -2.46. The standard InChI is InChI=1S/C20H34N4O4S/c1-5-21-20(22-13-17-9-7-11-24(17)29(4,26)27)23-14-19(25)16-8-6-10-18(12-16)28-15(2)3/h6,8,10,12,15,17,19,25H,5,7,9,11,13-14H2,1-4H3,(H2,21,22,23)/t17-,19?/m1/s1. The molecule has 1 saturated heterocycles. The van der Waals surface area contributed by atoms with Crippen molar-refractivity contribution < 1.29 is 18.3 Å². The van der Waals surface area contributed by atoms with E-state index in [-0.39, 0.29) is 18.7 Å². The number of sulfonamides is 1. The van der Waals surface area contributed by atoms with E-state index in [2.05, 4.69) is 15.6 Å². The average molecular weight is 427 g/mol. The minimum absolute atomic E-state index is 0.0621. The van der Waals surface area contributed by atoms with Crippen LogP contribution < -0.4 is 15.4 Å². The third-order valence-corrected chi connectivity index (χ3v) is 5.97. The van der Waals surface area contributed by atoms with E-state index < -0.39 is 16.1 Å². The second-order valence-corrected chi connectivity index (χ2v) is 9.46. The molecule has 1 unspecified atom stereocenters. The Morgan fingerprint density at radius 1 is 1.38 bits per heavy atom. The topological polar surface area (TPSA) is 103 Å². The summed E-state index contributed by atoms with van der Waals surface area (Å²) in [7, 11) is -3.21. The quantitative estimate of drug-likeness (QED) is 0.408. The van der Waals surface area contributed by atoms with Crippen LogP contribution in [0.3, 0.4) is 0 Å². The van der Waals surface area contributed by atoms with Gasteiger partial charge in [0.1, 0.15) is 5.75 Å². The van der Waals surface area contributed by atoms with Gasteiger partial charge in [-0.05, 0) is 51.3 Å². The number of ether oxygens (including phenoxy) is 1. The van der Waals surface area contributed by atoms with Gasteiger partial charge in [0.2, 0.25) is 10.0 Å². The minimum Gasteiger partial charge on any atom is -0.491 e. The van der Waals surface area contributed by atoms with E-state index in [4.69, 9.17) is 4.74 Å². The van der Waals surface area contributed by atoms with Crippen molar-refractivity contribution in [1.82, 2.24) is 14.9 Å². The minimum atomic E-state index is -3.21. The van der Waals surface area contributed by atoms with Crippen molar-refractivity contribution in [2.45, 2.75) is 51.9 Å². The Morgan fingerprint density at radius 3 is 2.79 bits per heavy atom. The molecule has 0 saturated carbocycles. The summed E-state index contributed by atoms with van der Waals surface area (Å²) in [5, 5.41) is 16.9. The molecule has 1 aliphatic heterocycles. The summed E-state index contributed by atoms with van der Waals surface area (Å²) in [6, 6.07) is 7.30. The summed E-state index contributed by atoms with van der Waals surface area (Å²) < 4.78 is 31.0. The lowest BCUT2D eigenvalue weighted by Gasteiger charge is -2.23. The maximum absolute atomic E-state index is 11.9. The Labute approximate surface area is 174 Å². The molecule has 1 aromatic carbocycles. The molecule has 0 aliphatic carbocycles. The molecule has 9 heteroatoms. The summed E-state index contributed by atoms with van der Waals surface area (Å²) in [5.74, 6) is 1.27. The van der Waals surface area contributed by atoms with Crippen LogP contribution in [0.1, 0.15) is 45.3 Å². The molecule has 164 valence electrons. The molecule has 1 fully saturated rings. The van der Waals surface area contributed by atoms with Crippen molar-refractivity contribution in [2.24, 2.45) is 4.99 Å². The van der Waals surface area contributed by atoms with Gasteiger partial charge in [-0.1, -0.05) is 12.1 Å². The number of guanidine groups is 1. The first-order valence-corrected chi connectivity index (χ1v) is 12.0. The van der Waals surface area contributed by atoms with Crippen LogP contribution in [0, 0.1) is 0 Å². The fourth-order valence-electron chi connectivity index (χ4n) is 3.36. The smallest absolute Gasteiger partial charge is 0.211 e. The van der Waals surface area contributed by atoms with E-state index in [0.29, 0.717) is 31.3 Å². The van der Waals surface area contributed by atoms with Gasteiger partial charge in [0.25, 0.3) is 0 Å². The molecule has 1 heterocycles. The molecular formula is C20H34N4O4S. The lowest BCUT2D eigenvalue weighted by atomic mass is 10.1. The van der Waals surface area contributed by atoms with Gasteiger partial charge in [0.05, 0.1) is 25.0 Å². The summed E-state index contributed by atoms with van der Waals surface area (Å²) >= 11 is 0. The van der Waals surface area contributed by atoms with E-state index >= 15 is 0 Å². The Balaban J connectivity index is 1.98. The van der Waals surface area contributed by atoms with E-state index in [1.54, 1.807) is 4.31 Å². The highest BCUT2D eigenvalue weighted by atomic mass is 32.2. The number of hydrogen-bond donors (Lipinski definition) is 3. The molecule has 0 amide bonds. The van der Waals surface area contributed by atoms with E-state index in [1.165, 1.54) is 6.26 Å². The van der Waals surface area contributed by atoms with Gasteiger partial charge in [-0.3, -0.25) is 4.99 Å². The first kappa shape index (κ1) is 23.4. The summed E-state index contributed by atoms with van der Waals surface area (Å²) in [4.78, 5) is 4.46. The number of nitrogens with zero attached hydrogens (tertiary/aromatic N) is 2. The Hall–Kier alpha value is -1.84. The predicted molar refractivity (Wildman–Crippen MR) is 116 cm³/mol. The second kappa shape index (κ2) is 10.8. The Kier molecular flexibility index (Phi) is 8.73. The van der Waals surface area contributed by atoms with Crippen LogP contribution in [0.25, 0.3) is 0 Å². The molecule has 2 atom stereocenters. The molecule has 0 bridgehead atoms. The van der Waals surface area contributed by atoms with Crippen LogP contribution in [-0.2, 0) is 10.0 Å². The highest BCUT2D eigenvalue weighted by molar-refractivity contribution is 7.88. The lowest BCUT2D eigenvalue weighted by molar-refractivity contribution is 0.185. The fraction of sp³-hybridized carbons (Fsp3) is 0.650. The zero-order valence-corrected chi connectivity index (χ0v) is 18.6. The van der Waals surface area contributed by atoms with Crippen LogP contribution in [0.5, 0.6) is 5.75 Å². The molecule has 1 aromatic rings. The summed E-state index contributed by atoms with van der Waals surface area (Å²) in [6.45, 7) is 7.76. The Bertz CT molecular complexity index is 782. The maximum Gasteiger partial charge on any atom is 0.211 e. The zero-order valence-electron chi connectivity index (χ0n) is 17.8. The van der Waals surface area contributed by atoms with Gasteiger partial charge >= 0.3 is 0 Å². The number of benzene rings is 1. The number of aliphatic imine (C=N–C) groups is 1. The summed E-state index contributed by atoms with van der Waals surface area (Å²) in [6.07, 6.45) is 2.23. The molecule has 0 spiro atoms. The SMILES string of the molecule is CCNC(=NCC(O)c1cccc(OC(C)C)c1)NC[C@H]1CCCN1S(C)(=O)=O. The molecule has 0 radical (unpaired) electrons. The van der Waals surface area contributed by atoms with E-state index in [0.717, 1.165) is 18.4 Å². The van der Waals surface area contributed by atoms with Crippen molar-refractivity contribution in [3.05, 3.63) is 29.8 Å². The third kappa shape index (κ3) is 7.49. The van der Waals surface area contributed by atoms with Gasteiger partial charge < -0.3 is 20.5 Å². The molecule has 1 aliphatic rings. The fourth-order valence-corrected chi connectivity index (χ4v) is 4.54. The first-order valence-electron chi connectivity index (χ1n) is 10.1. The van der Waals surface area contributed by atoms with Crippen molar-refractivity contribution in [2.75, 3.05) is 32.4 Å². The Morgan fingerprint density at radius 2 is 2.14 bits per heavy atom. The number of aliphatic hydroxyl groups excluding tert-OH is 1. The van der Waals surface area contributed by atoms with E-state index in [9.17, 15) is 13.5 Å². The molecular weight excluding hydrogens is 392 g/mol. The van der Waals surface area contributed by atoms with Crippen LogP contribution >= 0.6 is 0 Å². The van der Waals surface area contributed by atoms with Crippen LogP contribution in [0.15, 0.2) is 29.3 Å². The summed E-state index contributed by atoms with van der Waals surface area (Å²) in [5.41, 5.74) is 0.738. The zero-order chi connectivity index (χ0) is 21.4. The van der Waals surface area contributed by atoms with E-state index in [1.807, 2.05) is 45.0 Å². The highest BCUT2D eigenvalue weighted by Gasteiger charge is 2.31. The molecule has 0 aromatic heterocycles. The number of nitrogens with one attached hydrogen (secondary N) is 2. The first-order chi connectivity index (χ1) is 13.7. The van der Waals surface area contributed by atoms with Gasteiger partial charge in [0.15, 0.2) is 5.96 Å². The van der Waals surface area contributed by atoms with Crippen LogP contribution in [-0.4, -0.2) is 68.4 Å². The van der Waals surface area contributed by atoms with Gasteiger partial charge in [-0.25, -0.2) is 8.42 Å². The number of rotatable bonds is 9.